The summed E-state index contributed by atoms with van der Waals surface area (Å²) >= 11 is 0. The Morgan fingerprint density at radius 2 is 0.529 bits per heavy atom. The molecule has 0 aliphatic carbocycles. The number of hydrogen-bond acceptors (Lipinski definition) is 15. The van der Waals surface area contributed by atoms with Gasteiger partial charge in [0.25, 0.3) is 0 Å². The maximum absolute atomic E-state index is 13.0. The minimum Gasteiger partial charge on any atom is -0.462 e. The first-order valence-electron chi connectivity index (χ1n) is 35.3. The van der Waals surface area contributed by atoms with Crippen LogP contribution in [0, 0.1) is 17.8 Å². The van der Waals surface area contributed by atoms with Crippen LogP contribution in [0.15, 0.2) is 0 Å². The maximum atomic E-state index is 13.0. The van der Waals surface area contributed by atoms with Gasteiger partial charge in [0.1, 0.15) is 19.3 Å². The lowest BCUT2D eigenvalue weighted by Gasteiger charge is -2.21. The number of rotatable bonds is 66. The van der Waals surface area contributed by atoms with Crippen molar-refractivity contribution in [3.63, 3.8) is 0 Å². The summed E-state index contributed by atoms with van der Waals surface area (Å²) in [6.07, 6.45) is 41.7. The number of aliphatic hydroxyl groups is 1. The predicted octanol–water partition coefficient (Wildman–Crippen LogP) is 19.1. The molecule has 0 heterocycles. The Hall–Kier alpha value is -1.94. The highest BCUT2D eigenvalue weighted by Crippen LogP contribution is 2.45. The fourth-order valence-electron chi connectivity index (χ4n) is 10.2. The molecule has 0 aromatic rings. The number of esters is 4. The van der Waals surface area contributed by atoms with Crippen molar-refractivity contribution in [2.24, 2.45) is 17.8 Å². The van der Waals surface area contributed by atoms with E-state index in [2.05, 4.69) is 48.5 Å². The van der Waals surface area contributed by atoms with Gasteiger partial charge in [-0.25, -0.2) is 9.13 Å². The average Bonchev–Trinajstić information content (AvgIpc) is 3.69. The number of carbonyl (C=O) groups excluding carboxylic acids is 4. The Morgan fingerprint density at radius 3 is 0.782 bits per heavy atom. The summed E-state index contributed by atoms with van der Waals surface area (Å²) in [5.74, 6) is 0.0794. The van der Waals surface area contributed by atoms with Crippen LogP contribution in [-0.4, -0.2) is 96.7 Å². The summed E-state index contributed by atoms with van der Waals surface area (Å²) in [7, 11) is -9.90. The first kappa shape index (κ1) is 85.1. The van der Waals surface area contributed by atoms with E-state index in [1.54, 1.807) is 0 Å². The van der Waals surface area contributed by atoms with Gasteiger partial charge in [0.15, 0.2) is 12.2 Å². The van der Waals surface area contributed by atoms with Gasteiger partial charge in [-0.3, -0.25) is 37.3 Å². The molecule has 3 N–H and O–H groups in total. The minimum absolute atomic E-state index is 0.104. The third kappa shape index (κ3) is 62.6. The van der Waals surface area contributed by atoms with Crippen LogP contribution in [0.4, 0.5) is 0 Å². The zero-order valence-electron chi connectivity index (χ0n) is 56.5. The van der Waals surface area contributed by atoms with Crippen LogP contribution in [0.1, 0.15) is 337 Å². The molecule has 0 saturated carbocycles. The van der Waals surface area contributed by atoms with E-state index in [0.29, 0.717) is 25.7 Å². The molecule has 516 valence electrons. The monoisotopic (exact) mass is 1280 g/mol. The number of phosphoric ester groups is 2. The van der Waals surface area contributed by atoms with Crippen LogP contribution < -0.4 is 0 Å². The lowest BCUT2D eigenvalue weighted by atomic mass is 10.0. The normalized spacial score (nSPS) is 14.3. The zero-order chi connectivity index (χ0) is 64.5. The average molecular weight is 1280 g/mol. The molecule has 0 bridgehead atoms. The minimum atomic E-state index is -4.95. The van der Waals surface area contributed by atoms with Gasteiger partial charge in [0, 0.05) is 25.7 Å². The molecule has 0 amide bonds. The van der Waals surface area contributed by atoms with Crippen molar-refractivity contribution in [3.05, 3.63) is 0 Å². The van der Waals surface area contributed by atoms with Crippen LogP contribution in [0.3, 0.4) is 0 Å². The number of unbranched alkanes of at least 4 members (excludes halogenated alkanes) is 34. The van der Waals surface area contributed by atoms with Crippen molar-refractivity contribution >= 4 is 39.5 Å². The van der Waals surface area contributed by atoms with Crippen molar-refractivity contribution in [1.82, 2.24) is 0 Å². The topological polar surface area (TPSA) is 237 Å². The molecule has 2 unspecified atom stereocenters. The number of phosphoric acid groups is 2. The van der Waals surface area contributed by atoms with Crippen molar-refractivity contribution in [2.75, 3.05) is 39.6 Å². The Morgan fingerprint density at radius 1 is 0.310 bits per heavy atom. The molecule has 0 aliphatic rings. The summed E-state index contributed by atoms with van der Waals surface area (Å²) in [6, 6.07) is 0. The van der Waals surface area contributed by atoms with Crippen LogP contribution >= 0.6 is 15.6 Å². The highest BCUT2D eigenvalue weighted by atomic mass is 31.2. The fraction of sp³-hybridized carbons (Fsp3) is 0.941. The molecular formula is C68H132O17P2. The van der Waals surface area contributed by atoms with E-state index in [0.717, 1.165) is 108 Å². The molecule has 0 aromatic heterocycles. The summed E-state index contributed by atoms with van der Waals surface area (Å²) in [5, 5.41) is 10.6. The van der Waals surface area contributed by atoms with Crippen molar-refractivity contribution < 1.29 is 80.2 Å². The van der Waals surface area contributed by atoms with Gasteiger partial charge in [-0.1, -0.05) is 286 Å². The molecule has 0 spiro atoms. The second kappa shape index (κ2) is 59.1. The number of carbonyl (C=O) groups is 4. The van der Waals surface area contributed by atoms with Crippen LogP contribution in [-0.2, 0) is 65.4 Å². The van der Waals surface area contributed by atoms with Crippen molar-refractivity contribution in [2.45, 2.75) is 356 Å². The summed E-state index contributed by atoms with van der Waals surface area (Å²) in [4.78, 5) is 72.4. The molecule has 0 aromatic carbocycles. The maximum Gasteiger partial charge on any atom is 0.472 e. The van der Waals surface area contributed by atoms with E-state index in [1.807, 2.05) is 0 Å². The van der Waals surface area contributed by atoms with E-state index in [1.165, 1.54) is 148 Å². The standard InChI is InChI=1S/C68H132O17P2/c1-8-9-10-11-12-13-15-19-28-35-42-49-65(70)78-55-64(85-68(73)52-45-38-31-24-22-27-34-41-48-61(6)7)58-83-87(76,77)81-54-62(69)53-80-86(74,75)82-57-63(56-79-66(71)50-43-36-29-23-21-26-33-40-47-60(4)5)84-67(72)51-44-37-30-20-17-14-16-18-25-32-39-46-59(2)3/h59-64,69H,8-58H2,1-7H3,(H,74,75)(H,76,77)/t62-,63-,64-/m1/s1. The second-order valence-corrected chi connectivity index (χ2v) is 28.9. The molecule has 19 heteroatoms. The lowest BCUT2D eigenvalue weighted by Crippen LogP contribution is -2.30. The van der Waals surface area contributed by atoms with Gasteiger partial charge in [0.2, 0.25) is 0 Å². The molecule has 0 rings (SSSR count). The SMILES string of the molecule is CCCCCCCCCCCCCC(=O)OC[C@H](COP(=O)(O)OC[C@H](O)COP(=O)(O)OC[C@@H](COC(=O)CCCCCCCCCCC(C)C)OC(=O)CCCCCCCCCCCCCC(C)C)OC(=O)CCCCCCCCCCC(C)C. The Balaban J connectivity index is 5.25. The van der Waals surface area contributed by atoms with Gasteiger partial charge in [-0.15, -0.1) is 0 Å². The third-order valence-corrected chi connectivity index (χ3v) is 17.5. The third-order valence-electron chi connectivity index (χ3n) is 15.6. The van der Waals surface area contributed by atoms with E-state index in [4.69, 9.17) is 37.0 Å². The van der Waals surface area contributed by atoms with Crippen LogP contribution in [0.2, 0.25) is 0 Å². The number of ether oxygens (including phenoxy) is 4. The predicted molar refractivity (Wildman–Crippen MR) is 349 cm³/mol. The van der Waals surface area contributed by atoms with E-state index < -0.39 is 97.5 Å². The largest absolute Gasteiger partial charge is 0.472 e. The van der Waals surface area contributed by atoms with Gasteiger partial charge >= 0.3 is 39.5 Å². The van der Waals surface area contributed by atoms with Gasteiger partial charge in [-0.2, -0.15) is 0 Å². The zero-order valence-corrected chi connectivity index (χ0v) is 58.3. The number of hydrogen-bond donors (Lipinski definition) is 3. The van der Waals surface area contributed by atoms with Crippen LogP contribution in [0.25, 0.3) is 0 Å². The quantitative estimate of drug-likeness (QED) is 0.0222. The molecule has 0 radical (unpaired) electrons. The Bertz CT molecular complexity index is 1720. The fourth-order valence-corrected chi connectivity index (χ4v) is 11.8. The molecule has 0 aliphatic heterocycles. The summed E-state index contributed by atoms with van der Waals surface area (Å²) < 4.78 is 68.2. The van der Waals surface area contributed by atoms with Crippen molar-refractivity contribution in [3.8, 4) is 0 Å². The molecular weight excluding hydrogens is 1150 g/mol. The molecule has 5 atom stereocenters. The van der Waals surface area contributed by atoms with Gasteiger partial charge < -0.3 is 33.8 Å². The Labute approximate surface area is 530 Å². The lowest BCUT2D eigenvalue weighted by molar-refractivity contribution is -0.161. The van der Waals surface area contributed by atoms with E-state index >= 15 is 0 Å². The molecule has 0 saturated heterocycles. The highest BCUT2D eigenvalue weighted by Gasteiger charge is 2.30. The summed E-state index contributed by atoms with van der Waals surface area (Å²) in [6.45, 7) is 11.8. The van der Waals surface area contributed by atoms with Crippen molar-refractivity contribution in [1.29, 1.82) is 0 Å². The second-order valence-electron chi connectivity index (χ2n) is 26.0. The molecule has 17 nitrogen and oxygen atoms in total. The highest BCUT2D eigenvalue weighted by molar-refractivity contribution is 7.47. The first-order valence-corrected chi connectivity index (χ1v) is 38.3. The van der Waals surface area contributed by atoms with Crippen LogP contribution in [0.5, 0.6) is 0 Å². The molecule has 87 heavy (non-hydrogen) atoms. The smallest absolute Gasteiger partial charge is 0.462 e. The number of aliphatic hydroxyl groups excluding tert-OH is 1. The van der Waals surface area contributed by atoms with E-state index in [-0.39, 0.29) is 25.7 Å². The molecule has 0 fully saturated rings. The first-order chi connectivity index (χ1) is 41.7. The van der Waals surface area contributed by atoms with Gasteiger partial charge in [-0.05, 0) is 43.4 Å². The Kier molecular flexibility index (Phi) is 57.8. The van der Waals surface area contributed by atoms with Gasteiger partial charge in [0.05, 0.1) is 26.4 Å². The summed E-state index contributed by atoms with van der Waals surface area (Å²) in [5.41, 5.74) is 0. The van der Waals surface area contributed by atoms with E-state index in [9.17, 15) is 43.2 Å².